The Bertz CT molecular complexity index is 1710. The van der Waals surface area contributed by atoms with E-state index >= 15 is 0 Å². The van der Waals surface area contributed by atoms with Crippen LogP contribution >= 0.6 is 34.5 Å². The van der Waals surface area contributed by atoms with Crippen LogP contribution in [0.4, 0.5) is 5.13 Å². The third-order valence-corrected chi connectivity index (χ3v) is 8.64. The molecule has 1 aromatic heterocycles. The predicted octanol–water partition coefficient (Wildman–Crippen LogP) is 7.17. The molecule has 9 heteroatoms. The molecule has 0 saturated carbocycles. The molecule has 2 aliphatic rings. The summed E-state index contributed by atoms with van der Waals surface area (Å²) in [5, 5.41) is 12.5. The maximum absolute atomic E-state index is 13.6. The first kappa shape index (κ1) is 24.9. The van der Waals surface area contributed by atoms with Gasteiger partial charge < -0.3 is 9.84 Å². The zero-order valence-corrected chi connectivity index (χ0v) is 23.0. The van der Waals surface area contributed by atoms with Crippen molar-refractivity contribution in [2.24, 2.45) is 0 Å². The molecule has 1 amide bonds. The largest absolute Gasteiger partial charge is 0.507 e. The van der Waals surface area contributed by atoms with Crippen molar-refractivity contribution in [1.29, 1.82) is 0 Å². The number of aryl methyl sites for hydroxylation is 2. The van der Waals surface area contributed by atoms with Gasteiger partial charge in [-0.1, -0.05) is 46.7 Å². The van der Waals surface area contributed by atoms with E-state index in [1.54, 1.807) is 36.4 Å². The van der Waals surface area contributed by atoms with Gasteiger partial charge in [0.25, 0.3) is 5.78 Å². The fourth-order valence-corrected chi connectivity index (χ4v) is 6.69. The molecule has 3 heterocycles. The summed E-state index contributed by atoms with van der Waals surface area (Å²) < 4.78 is 6.68. The van der Waals surface area contributed by atoms with Crippen LogP contribution in [0.25, 0.3) is 16.0 Å². The fourth-order valence-electron chi connectivity index (χ4n) is 5.21. The van der Waals surface area contributed by atoms with Crippen LogP contribution in [0.1, 0.15) is 40.8 Å². The lowest BCUT2D eigenvalue weighted by atomic mass is 9.94. The van der Waals surface area contributed by atoms with Gasteiger partial charge >= 0.3 is 5.91 Å². The van der Waals surface area contributed by atoms with Crippen LogP contribution in [0.5, 0.6) is 5.75 Å². The molecule has 3 aromatic carbocycles. The Morgan fingerprint density at radius 3 is 2.63 bits per heavy atom. The van der Waals surface area contributed by atoms with Gasteiger partial charge in [-0.25, -0.2) is 4.98 Å². The highest BCUT2D eigenvalue weighted by Gasteiger charge is 2.48. The Labute approximate surface area is 233 Å². The van der Waals surface area contributed by atoms with Crippen molar-refractivity contribution in [1.82, 2.24) is 4.98 Å². The highest BCUT2D eigenvalue weighted by molar-refractivity contribution is 7.22. The molecular weight excluding hydrogens is 543 g/mol. The van der Waals surface area contributed by atoms with Gasteiger partial charge in [0.05, 0.1) is 31.9 Å². The smallest absolute Gasteiger partial charge is 0.301 e. The van der Waals surface area contributed by atoms with Crippen LogP contribution < -0.4 is 9.64 Å². The standard InChI is InChI=1S/C29H22Cl2N2O4S/c1-13-8-14(2)24-22(9-13)38-29(32-24)33-25(16-4-6-19(30)20(31)12-16)23(27(35)28(33)36)26(34)17-5-7-21-18(11-17)10-15(3)37-21/h4-9,11-12,15,25,34H,10H2,1-3H3/t15-,25-/m0/s1. The molecular formula is C29H22Cl2N2O4S. The maximum atomic E-state index is 13.6. The SMILES string of the molecule is Cc1cc(C)c2nc(N3C(=O)C(=O)C(=C(O)c4ccc5c(c4)C[C@H](C)O5)[C@@H]3c3ccc(Cl)c(Cl)c3)sc2c1. The maximum Gasteiger partial charge on any atom is 0.301 e. The number of hydrogen-bond donors (Lipinski definition) is 1. The monoisotopic (exact) mass is 564 g/mol. The summed E-state index contributed by atoms with van der Waals surface area (Å²) in [4.78, 5) is 33.2. The normalized spacial score (nSPS) is 20.3. The number of halogens is 2. The number of fused-ring (bicyclic) bond motifs is 2. The van der Waals surface area contributed by atoms with Crippen LogP contribution in [-0.4, -0.2) is 27.9 Å². The van der Waals surface area contributed by atoms with E-state index in [0.717, 1.165) is 32.7 Å². The summed E-state index contributed by atoms with van der Waals surface area (Å²) >= 11 is 13.9. The third kappa shape index (κ3) is 3.97. The number of aliphatic hydroxyl groups excluding tert-OH is 1. The number of rotatable bonds is 3. The van der Waals surface area contributed by atoms with E-state index < -0.39 is 17.7 Å². The summed E-state index contributed by atoms with van der Waals surface area (Å²) in [5.41, 5.74) is 4.66. The summed E-state index contributed by atoms with van der Waals surface area (Å²) in [6.45, 7) is 5.93. The topological polar surface area (TPSA) is 79.7 Å². The summed E-state index contributed by atoms with van der Waals surface area (Å²) in [7, 11) is 0. The van der Waals surface area contributed by atoms with E-state index in [-0.39, 0.29) is 22.5 Å². The number of ether oxygens (including phenoxy) is 1. The summed E-state index contributed by atoms with van der Waals surface area (Å²) in [6, 6.07) is 13.3. The minimum absolute atomic E-state index is 0.0234. The van der Waals surface area contributed by atoms with Crippen molar-refractivity contribution in [3.63, 3.8) is 0 Å². The van der Waals surface area contributed by atoms with E-state index in [4.69, 9.17) is 32.9 Å². The second-order valence-electron chi connectivity index (χ2n) is 9.72. The van der Waals surface area contributed by atoms with E-state index in [0.29, 0.717) is 27.7 Å². The van der Waals surface area contributed by atoms with Crippen LogP contribution in [0, 0.1) is 13.8 Å². The van der Waals surface area contributed by atoms with Crippen LogP contribution in [0.3, 0.4) is 0 Å². The summed E-state index contributed by atoms with van der Waals surface area (Å²) in [6.07, 6.45) is 0.709. The van der Waals surface area contributed by atoms with Crippen LogP contribution in [-0.2, 0) is 16.0 Å². The molecule has 2 aliphatic heterocycles. The van der Waals surface area contributed by atoms with E-state index in [1.807, 2.05) is 32.9 Å². The summed E-state index contributed by atoms with van der Waals surface area (Å²) in [5.74, 6) is -1.09. The molecule has 1 fully saturated rings. The Hall–Kier alpha value is -3.39. The van der Waals surface area contributed by atoms with E-state index in [1.165, 1.54) is 16.2 Å². The number of carbonyl (C=O) groups is 2. The lowest BCUT2D eigenvalue weighted by molar-refractivity contribution is -0.132. The van der Waals surface area contributed by atoms with Crippen molar-refractivity contribution in [3.05, 3.63) is 92.0 Å². The number of carbonyl (C=O) groups excluding carboxylic acids is 2. The fraction of sp³-hybridized carbons (Fsp3) is 0.207. The minimum atomic E-state index is -0.949. The Morgan fingerprint density at radius 2 is 1.87 bits per heavy atom. The first-order valence-corrected chi connectivity index (χ1v) is 13.6. The van der Waals surface area contributed by atoms with Crippen molar-refractivity contribution in [3.8, 4) is 5.75 Å². The van der Waals surface area contributed by atoms with Crippen molar-refractivity contribution < 1.29 is 19.4 Å². The molecule has 0 bridgehead atoms. The highest BCUT2D eigenvalue weighted by atomic mass is 35.5. The molecule has 6 nitrogen and oxygen atoms in total. The first-order valence-electron chi connectivity index (χ1n) is 12.1. The van der Waals surface area contributed by atoms with Gasteiger partial charge in [-0.3, -0.25) is 14.5 Å². The number of nitrogens with zero attached hydrogens (tertiary/aromatic N) is 2. The Morgan fingerprint density at radius 1 is 1.08 bits per heavy atom. The van der Waals surface area contributed by atoms with Gasteiger partial charge in [0.2, 0.25) is 0 Å². The van der Waals surface area contributed by atoms with Gasteiger partial charge in [0, 0.05) is 12.0 Å². The van der Waals surface area contributed by atoms with Gasteiger partial charge in [-0.15, -0.1) is 0 Å². The lowest BCUT2D eigenvalue weighted by Gasteiger charge is -2.23. The Kier molecular flexibility index (Phi) is 5.98. The third-order valence-electron chi connectivity index (χ3n) is 6.90. The zero-order chi connectivity index (χ0) is 26.9. The van der Waals surface area contributed by atoms with Gasteiger partial charge in [-0.2, -0.15) is 0 Å². The zero-order valence-electron chi connectivity index (χ0n) is 20.7. The molecule has 6 rings (SSSR count). The number of aliphatic hydroxyl groups is 1. The molecule has 0 spiro atoms. The lowest BCUT2D eigenvalue weighted by Crippen LogP contribution is -2.29. The predicted molar refractivity (Wildman–Crippen MR) is 151 cm³/mol. The molecule has 1 N–H and O–H groups in total. The number of amides is 1. The second-order valence-corrected chi connectivity index (χ2v) is 11.5. The Balaban J connectivity index is 1.56. The van der Waals surface area contributed by atoms with Gasteiger partial charge in [0.15, 0.2) is 5.13 Å². The molecule has 0 unspecified atom stereocenters. The molecule has 38 heavy (non-hydrogen) atoms. The number of thiazole rings is 1. The van der Waals surface area contributed by atoms with Crippen molar-refractivity contribution in [2.45, 2.75) is 39.3 Å². The minimum Gasteiger partial charge on any atom is -0.507 e. The highest BCUT2D eigenvalue weighted by Crippen LogP contribution is 2.46. The van der Waals surface area contributed by atoms with E-state index in [2.05, 4.69) is 0 Å². The van der Waals surface area contributed by atoms with Gasteiger partial charge in [0.1, 0.15) is 17.6 Å². The first-order chi connectivity index (χ1) is 18.1. The molecule has 0 radical (unpaired) electrons. The van der Waals surface area contributed by atoms with E-state index in [9.17, 15) is 14.7 Å². The van der Waals surface area contributed by atoms with Gasteiger partial charge in [-0.05, 0) is 79.4 Å². The quantitative estimate of drug-likeness (QED) is 0.162. The second kappa shape index (κ2) is 9.12. The molecule has 0 aliphatic carbocycles. The average molecular weight is 565 g/mol. The number of hydrogen-bond acceptors (Lipinski definition) is 6. The molecule has 4 aromatic rings. The van der Waals surface area contributed by atoms with Crippen molar-refractivity contribution >= 4 is 67.3 Å². The van der Waals surface area contributed by atoms with Crippen LogP contribution in [0.2, 0.25) is 10.0 Å². The number of anilines is 1. The number of aromatic nitrogens is 1. The van der Waals surface area contributed by atoms with Crippen molar-refractivity contribution in [2.75, 3.05) is 4.90 Å². The average Bonchev–Trinajstić information content (AvgIpc) is 3.53. The van der Waals surface area contributed by atoms with Crippen LogP contribution in [0.15, 0.2) is 54.1 Å². The number of benzene rings is 3. The molecule has 2 atom stereocenters. The molecule has 1 saturated heterocycles. The number of ketones is 1. The molecule has 192 valence electrons. The number of Topliss-reactive ketones (excluding diaryl/α,β-unsaturated/α-hetero) is 1.